The molecular formula is C21H24FN5OS. The average Bonchev–Trinajstić information content (AvgIpc) is 3.14. The third-order valence-electron chi connectivity index (χ3n) is 5.63. The molecule has 0 radical (unpaired) electrons. The molecule has 1 heterocycles. The van der Waals surface area contributed by atoms with Gasteiger partial charge in [-0.2, -0.15) is 0 Å². The first-order valence-electron chi connectivity index (χ1n) is 9.61. The zero-order valence-electron chi connectivity index (χ0n) is 16.3. The van der Waals surface area contributed by atoms with Crippen LogP contribution < -0.4 is 5.73 Å². The van der Waals surface area contributed by atoms with Gasteiger partial charge in [-0.05, 0) is 67.8 Å². The molecule has 2 atom stereocenters. The lowest BCUT2D eigenvalue weighted by molar-refractivity contribution is 0.132. The fourth-order valence-corrected chi connectivity index (χ4v) is 5.34. The summed E-state index contributed by atoms with van der Waals surface area (Å²) in [6, 6.07) is 6.09. The molecule has 29 heavy (non-hydrogen) atoms. The van der Waals surface area contributed by atoms with Crippen molar-refractivity contribution in [3.8, 4) is 0 Å². The first kappa shape index (κ1) is 19.8. The van der Waals surface area contributed by atoms with E-state index in [4.69, 9.17) is 5.73 Å². The predicted octanol–water partition coefficient (Wildman–Crippen LogP) is 3.52. The maximum Gasteiger partial charge on any atom is 0.208 e. The van der Waals surface area contributed by atoms with Crippen LogP contribution in [0.3, 0.4) is 0 Å². The number of fused-ring (bicyclic) bond motifs is 1. The minimum atomic E-state index is -0.336. The minimum Gasteiger partial charge on any atom is -0.404 e. The molecule has 1 fully saturated rings. The number of halogens is 1. The van der Waals surface area contributed by atoms with E-state index in [-0.39, 0.29) is 17.8 Å². The second-order valence-corrected chi connectivity index (χ2v) is 8.90. The first-order chi connectivity index (χ1) is 14.0. The molecule has 0 unspecified atom stereocenters. The number of aliphatic imine (C=N–C) groups is 1. The molecule has 2 aromatic rings. The number of aliphatic hydroxyl groups excluding tert-OH is 1. The fourth-order valence-electron chi connectivity index (χ4n) is 4.12. The van der Waals surface area contributed by atoms with Crippen LogP contribution >= 0.6 is 11.8 Å². The molecule has 3 N–H and O–H groups in total. The summed E-state index contributed by atoms with van der Waals surface area (Å²) in [5.41, 5.74) is 9.16. The van der Waals surface area contributed by atoms with E-state index in [2.05, 4.69) is 21.2 Å². The highest BCUT2D eigenvalue weighted by Crippen LogP contribution is 2.51. The van der Waals surface area contributed by atoms with Crippen molar-refractivity contribution in [2.75, 3.05) is 6.61 Å². The van der Waals surface area contributed by atoms with Crippen LogP contribution in [0.5, 0.6) is 0 Å². The SMILES string of the molecule is Cn1cnc(S[C@H]2CCC3=CC(=Nc4ccc(F)cc4)/C(=C\N)C[C@]3(CO)C2)n1. The van der Waals surface area contributed by atoms with Crippen LogP contribution in [0, 0.1) is 11.2 Å². The topological polar surface area (TPSA) is 89.3 Å². The number of aliphatic hydroxyl groups is 1. The van der Waals surface area contributed by atoms with Gasteiger partial charge in [0.25, 0.3) is 0 Å². The van der Waals surface area contributed by atoms with Gasteiger partial charge in [0.15, 0.2) is 0 Å². The monoisotopic (exact) mass is 413 g/mol. The highest BCUT2D eigenvalue weighted by Gasteiger charge is 2.43. The maximum absolute atomic E-state index is 13.2. The van der Waals surface area contributed by atoms with E-state index in [1.165, 1.54) is 17.7 Å². The van der Waals surface area contributed by atoms with Crippen LogP contribution in [-0.4, -0.2) is 37.4 Å². The van der Waals surface area contributed by atoms with Crippen molar-refractivity contribution in [2.45, 2.75) is 36.1 Å². The number of benzene rings is 1. The Hall–Kier alpha value is -2.45. The molecule has 0 amide bonds. The van der Waals surface area contributed by atoms with E-state index in [1.807, 2.05) is 7.05 Å². The van der Waals surface area contributed by atoms with Crippen molar-refractivity contribution in [3.63, 3.8) is 0 Å². The van der Waals surface area contributed by atoms with E-state index in [1.54, 1.807) is 41.1 Å². The first-order valence-corrected chi connectivity index (χ1v) is 10.5. The molecule has 0 aliphatic heterocycles. The quantitative estimate of drug-likeness (QED) is 0.801. The molecule has 1 aromatic carbocycles. The molecule has 0 bridgehead atoms. The van der Waals surface area contributed by atoms with Crippen LogP contribution in [0.25, 0.3) is 0 Å². The standard InChI is InChI=1S/C21H24FN5OS/c1-27-13-24-20(26-27)29-18-7-2-15-8-19(25-17-5-3-16(22)4-6-17)14(11-23)9-21(15,10-18)12-28/h3-6,8,11,13,18,28H,2,7,9-10,12,23H2,1H3/b14-11-,25-19?/t18-,21+/m0/s1. The number of allylic oxidation sites excluding steroid dienone is 2. The second-order valence-electron chi connectivity index (χ2n) is 7.63. The number of nitrogens with zero attached hydrogens (tertiary/aromatic N) is 4. The average molecular weight is 414 g/mol. The molecule has 4 rings (SSSR count). The third kappa shape index (κ3) is 4.13. The molecule has 0 saturated heterocycles. The van der Waals surface area contributed by atoms with E-state index < -0.39 is 0 Å². The summed E-state index contributed by atoms with van der Waals surface area (Å²) in [5, 5.41) is 15.8. The molecule has 2 aliphatic carbocycles. The van der Waals surface area contributed by atoms with Crippen LogP contribution in [0.1, 0.15) is 25.7 Å². The van der Waals surface area contributed by atoms with Gasteiger partial charge in [-0.1, -0.05) is 17.3 Å². The maximum atomic E-state index is 13.2. The Kier molecular flexibility index (Phi) is 5.56. The van der Waals surface area contributed by atoms with Crippen molar-refractivity contribution < 1.29 is 9.50 Å². The molecule has 6 nitrogen and oxygen atoms in total. The smallest absolute Gasteiger partial charge is 0.208 e. The van der Waals surface area contributed by atoms with E-state index in [9.17, 15) is 9.50 Å². The summed E-state index contributed by atoms with van der Waals surface area (Å²) in [7, 11) is 1.86. The fraction of sp³-hybridized carbons (Fsp3) is 0.381. The number of hydrogen-bond donors (Lipinski definition) is 2. The van der Waals surface area contributed by atoms with Crippen LogP contribution in [0.4, 0.5) is 10.1 Å². The zero-order chi connectivity index (χ0) is 20.4. The van der Waals surface area contributed by atoms with Crippen molar-refractivity contribution in [1.29, 1.82) is 0 Å². The summed E-state index contributed by atoms with van der Waals surface area (Å²) in [6.07, 6.45) is 8.67. The molecule has 2 aliphatic rings. The van der Waals surface area contributed by atoms with Crippen molar-refractivity contribution in [2.24, 2.45) is 23.2 Å². The Morgan fingerprint density at radius 3 is 2.86 bits per heavy atom. The predicted molar refractivity (Wildman–Crippen MR) is 112 cm³/mol. The third-order valence-corrected chi connectivity index (χ3v) is 6.77. The normalized spacial score (nSPS) is 27.1. The van der Waals surface area contributed by atoms with Gasteiger partial charge in [-0.15, -0.1) is 5.10 Å². The molecule has 8 heteroatoms. The van der Waals surface area contributed by atoms with Crippen molar-refractivity contribution >= 4 is 23.2 Å². The number of nitrogens with two attached hydrogens (primary N) is 1. The van der Waals surface area contributed by atoms with Gasteiger partial charge < -0.3 is 10.8 Å². The molecular weight excluding hydrogens is 389 g/mol. The number of thioether (sulfide) groups is 1. The summed E-state index contributed by atoms with van der Waals surface area (Å²) < 4.78 is 14.9. The van der Waals surface area contributed by atoms with Gasteiger partial charge in [-0.25, -0.2) is 14.4 Å². The van der Waals surface area contributed by atoms with E-state index in [0.717, 1.165) is 35.7 Å². The Bertz CT molecular complexity index is 981. The second kappa shape index (κ2) is 8.12. The highest BCUT2D eigenvalue weighted by molar-refractivity contribution is 7.99. The van der Waals surface area contributed by atoms with Crippen molar-refractivity contribution in [3.05, 3.63) is 59.8 Å². The Balaban J connectivity index is 1.61. The minimum absolute atomic E-state index is 0.0622. The number of hydrogen-bond acceptors (Lipinski definition) is 6. The van der Waals surface area contributed by atoms with E-state index >= 15 is 0 Å². The van der Waals surface area contributed by atoms with Crippen LogP contribution in [-0.2, 0) is 7.05 Å². The summed E-state index contributed by atoms with van der Waals surface area (Å²) in [4.78, 5) is 8.99. The molecule has 1 saturated carbocycles. The van der Waals surface area contributed by atoms with Gasteiger partial charge in [0, 0.05) is 17.7 Å². The summed E-state index contributed by atoms with van der Waals surface area (Å²) >= 11 is 1.67. The lowest BCUT2D eigenvalue weighted by Gasteiger charge is -2.44. The van der Waals surface area contributed by atoms with Crippen molar-refractivity contribution in [1.82, 2.24) is 14.8 Å². The Labute approximate surface area is 173 Å². The van der Waals surface area contributed by atoms with Crippen LogP contribution in [0.2, 0.25) is 0 Å². The largest absolute Gasteiger partial charge is 0.404 e. The lowest BCUT2D eigenvalue weighted by atomic mass is 9.63. The van der Waals surface area contributed by atoms with Gasteiger partial charge >= 0.3 is 0 Å². The van der Waals surface area contributed by atoms with Gasteiger partial charge in [0.1, 0.15) is 12.1 Å². The van der Waals surface area contributed by atoms with Gasteiger partial charge in [0.2, 0.25) is 5.16 Å². The lowest BCUT2D eigenvalue weighted by Crippen LogP contribution is -2.39. The summed E-state index contributed by atoms with van der Waals surface area (Å²) in [5.74, 6) is -0.289. The molecule has 152 valence electrons. The molecule has 0 spiro atoms. The van der Waals surface area contributed by atoms with Crippen LogP contribution in [0.15, 0.2) is 64.2 Å². The Morgan fingerprint density at radius 1 is 1.41 bits per heavy atom. The number of aryl methyl sites for hydroxylation is 1. The zero-order valence-corrected chi connectivity index (χ0v) is 17.1. The Morgan fingerprint density at radius 2 is 2.21 bits per heavy atom. The highest BCUT2D eigenvalue weighted by atomic mass is 32.2. The summed E-state index contributed by atoms with van der Waals surface area (Å²) in [6.45, 7) is 0.0622. The van der Waals surface area contributed by atoms with Gasteiger partial charge in [0.05, 0.1) is 18.0 Å². The van der Waals surface area contributed by atoms with Gasteiger partial charge in [-0.3, -0.25) is 4.68 Å². The number of rotatable bonds is 4. The number of aromatic nitrogens is 3. The van der Waals surface area contributed by atoms with E-state index in [0.29, 0.717) is 17.4 Å². The molecule has 1 aromatic heterocycles.